The number of nitrogens with one attached hydrogen (secondary N) is 2. The Morgan fingerprint density at radius 1 is 1.28 bits per heavy atom. The van der Waals surface area contributed by atoms with Crippen LogP contribution in [0.2, 0.25) is 0 Å². The number of halogens is 1. The summed E-state index contributed by atoms with van der Waals surface area (Å²) in [5, 5.41) is 6.38. The van der Waals surface area contributed by atoms with Gasteiger partial charge in [-0.05, 0) is 50.1 Å². The monoisotopic (exact) mass is 276 g/mol. The molecule has 1 aliphatic heterocycles. The molecule has 0 saturated carbocycles. The molecule has 18 heavy (non-hydrogen) atoms. The van der Waals surface area contributed by atoms with Crippen LogP contribution in [-0.4, -0.2) is 25.5 Å². The highest BCUT2D eigenvalue weighted by atomic mass is 35.5. The summed E-state index contributed by atoms with van der Waals surface area (Å²) in [7, 11) is 0. The van der Waals surface area contributed by atoms with Crippen molar-refractivity contribution < 1.29 is 4.79 Å². The summed E-state index contributed by atoms with van der Waals surface area (Å²) < 4.78 is 0. The fourth-order valence-corrected chi connectivity index (χ4v) is 2.17. The van der Waals surface area contributed by atoms with Crippen molar-refractivity contribution in [3.8, 4) is 0 Å². The molecule has 3 nitrogen and oxygen atoms in total. The molecule has 1 fully saturated rings. The Bertz CT molecular complexity index is 232. The lowest BCUT2D eigenvalue weighted by Crippen LogP contribution is -2.30. The molecular formula is C14H29ClN2O. The van der Waals surface area contributed by atoms with Crippen LogP contribution in [-0.2, 0) is 4.79 Å². The second kappa shape index (κ2) is 8.76. The van der Waals surface area contributed by atoms with Crippen LogP contribution in [0.1, 0.15) is 52.9 Å². The van der Waals surface area contributed by atoms with Crippen LogP contribution in [0, 0.1) is 11.3 Å². The lowest BCUT2D eigenvalue weighted by Gasteiger charge is -2.22. The molecule has 0 bridgehead atoms. The van der Waals surface area contributed by atoms with Gasteiger partial charge in [0.2, 0.25) is 5.91 Å². The molecule has 0 atom stereocenters. The van der Waals surface area contributed by atoms with E-state index in [1.807, 2.05) is 0 Å². The molecule has 0 unspecified atom stereocenters. The quantitative estimate of drug-likeness (QED) is 0.811. The highest BCUT2D eigenvalue weighted by molar-refractivity contribution is 5.85. The number of rotatable bonds is 5. The third-order valence-electron chi connectivity index (χ3n) is 3.44. The van der Waals surface area contributed by atoms with Gasteiger partial charge in [0.25, 0.3) is 0 Å². The Hall–Kier alpha value is -0.280. The minimum absolute atomic E-state index is 0. The first kappa shape index (κ1) is 17.7. The van der Waals surface area contributed by atoms with Gasteiger partial charge in [-0.1, -0.05) is 20.8 Å². The van der Waals surface area contributed by atoms with Crippen molar-refractivity contribution in [3.05, 3.63) is 0 Å². The van der Waals surface area contributed by atoms with Crippen molar-refractivity contribution >= 4 is 18.3 Å². The summed E-state index contributed by atoms with van der Waals surface area (Å²) in [5.41, 5.74) is 0.308. The summed E-state index contributed by atoms with van der Waals surface area (Å²) in [5.74, 6) is 0.984. The van der Waals surface area contributed by atoms with E-state index in [0.29, 0.717) is 11.8 Å². The molecule has 0 spiro atoms. The molecule has 1 heterocycles. The number of carbonyl (C=O) groups excluding carboxylic acids is 1. The largest absolute Gasteiger partial charge is 0.356 e. The molecule has 0 radical (unpaired) electrons. The number of amides is 1. The van der Waals surface area contributed by atoms with Gasteiger partial charge in [0.05, 0.1) is 0 Å². The summed E-state index contributed by atoms with van der Waals surface area (Å²) >= 11 is 0. The molecule has 1 saturated heterocycles. The predicted octanol–water partition coefficient (Wildman–Crippen LogP) is 2.74. The average molecular weight is 277 g/mol. The van der Waals surface area contributed by atoms with Crippen LogP contribution in [0.15, 0.2) is 0 Å². The van der Waals surface area contributed by atoms with Gasteiger partial charge in [0, 0.05) is 13.0 Å². The Balaban J connectivity index is 0.00000289. The van der Waals surface area contributed by atoms with Crippen molar-refractivity contribution in [3.63, 3.8) is 0 Å². The second-order valence-electron chi connectivity index (χ2n) is 6.39. The van der Waals surface area contributed by atoms with Gasteiger partial charge in [0.1, 0.15) is 0 Å². The van der Waals surface area contributed by atoms with Crippen LogP contribution in [0.4, 0.5) is 0 Å². The van der Waals surface area contributed by atoms with E-state index in [1.165, 1.54) is 12.8 Å². The van der Waals surface area contributed by atoms with Gasteiger partial charge in [0.15, 0.2) is 0 Å². The van der Waals surface area contributed by atoms with Crippen molar-refractivity contribution in [2.45, 2.75) is 52.9 Å². The van der Waals surface area contributed by atoms with E-state index >= 15 is 0 Å². The standard InChI is InChI=1S/C14H28N2O.ClH/c1-14(2,3)8-11-16-13(17)5-4-12-6-9-15-10-7-12;/h12,15H,4-11H2,1-3H3,(H,16,17);1H. The normalized spacial score (nSPS) is 17.1. The molecule has 4 heteroatoms. The molecule has 1 aliphatic rings. The SMILES string of the molecule is CC(C)(C)CCNC(=O)CCC1CCNCC1.Cl. The van der Waals surface area contributed by atoms with Gasteiger partial charge in [-0.2, -0.15) is 0 Å². The van der Waals surface area contributed by atoms with Gasteiger partial charge < -0.3 is 10.6 Å². The maximum Gasteiger partial charge on any atom is 0.220 e. The predicted molar refractivity (Wildman–Crippen MR) is 79.2 cm³/mol. The first-order chi connectivity index (χ1) is 7.97. The topological polar surface area (TPSA) is 41.1 Å². The van der Waals surface area contributed by atoms with Gasteiger partial charge >= 0.3 is 0 Å². The van der Waals surface area contributed by atoms with Crippen LogP contribution in [0.5, 0.6) is 0 Å². The number of hydrogen-bond acceptors (Lipinski definition) is 2. The summed E-state index contributed by atoms with van der Waals surface area (Å²) in [6.45, 7) is 9.66. The highest BCUT2D eigenvalue weighted by Gasteiger charge is 2.15. The molecule has 0 aliphatic carbocycles. The maximum absolute atomic E-state index is 11.6. The van der Waals surface area contributed by atoms with Crippen molar-refractivity contribution in [2.75, 3.05) is 19.6 Å². The van der Waals surface area contributed by atoms with Crippen LogP contribution < -0.4 is 10.6 Å². The third-order valence-corrected chi connectivity index (χ3v) is 3.44. The van der Waals surface area contributed by atoms with E-state index in [1.54, 1.807) is 0 Å². The first-order valence-electron chi connectivity index (χ1n) is 6.95. The summed E-state index contributed by atoms with van der Waals surface area (Å²) in [4.78, 5) is 11.6. The number of piperidine rings is 1. The lowest BCUT2D eigenvalue weighted by molar-refractivity contribution is -0.121. The van der Waals surface area contributed by atoms with Crippen molar-refractivity contribution in [1.82, 2.24) is 10.6 Å². The molecule has 108 valence electrons. The van der Waals surface area contributed by atoms with Crippen molar-refractivity contribution in [2.24, 2.45) is 11.3 Å². The fraction of sp³-hybridized carbons (Fsp3) is 0.929. The van der Waals surface area contributed by atoms with E-state index in [-0.39, 0.29) is 18.3 Å². The van der Waals surface area contributed by atoms with E-state index in [9.17, 15) is 4.79 Å². The van der Waals surface area contributed by atoms with E-state index in [0.717, 1.165) is 38.4 Å². The molecular weight excluding hydrogens is 248 g/mol. The minimum atomic E-state index is 0. The lowest BCUT2D eigenvalue weighted by atomic mass is 9.92. The molecule has 1 rings (SSSR count). The smallest absolute Gasteiger partial charge is 0.220 e. The molecule has 0 aromatic rings. The Kier molecular flexibility index (Phi) is 8.62. The second-order valence-corrected chi connectivity index (χ2v) is 6.39. The molecule has 1 amide bonds. The van der Waals surface area contributed by atoms with E-state index in [4.69, 9.17) is 0 Å². The number of hydrogen-bond donors (Lipinski definition) is 2. The Labute approximate surface area is 118 Å². The van der Waals surface area contributed by atoms with E-state index in [2.05, 4.69) is 31.4 Å². The van der Waals surface area contributed by atoms with Gasteiger partial charge in [-0.15, -0.1) is 12.4 Å². The third kappa shape index (κ3) is 8.76. The zero-order valence-electron chi connectivity index (χ0n) is 12.1. The Morgan fingerprint density at radius 3 is 2.44 bits per heavy atom. The minimum Gasteiger partial charge on any atom is -0.356 e. The molecule has 2 N–H and O–H groups in total. The summed E-state index contributed by atoms with van der Waals surface area (Å²) in [6.07, 6.45) is 5.27. The Morgan fingerprint density at radius 2 is 1.89 bits per heavy atom. The van der Waals surface area contributed by atoms with Gasteiger partial charge in [-0.25, -0.2) is 0 Å². The van der Waals surface area contributed by atoms with Crippen LogP contribution in [0.25, 0.3) is 0 Å². The zero-order valence-corrected chi connectivity index (χ0v) is 12.9. The summed E-state index contributed by atoms with van der Waals surface area (Å²) in [6, 6.07) is 0. The first-order valence-corrected chi connectivity index (χ1v) is 6.95. The highest BCUT2D eigenvalue weighted by Crippen LogP contribution is 2.18. The molecule has 0 aromatic heterocycles. The van der Waals surface area contributed by atoms with E-state index < -0.39 is 0 Å². The fourth-order valence-electron chi connectivity index (χ4n) is 2.17. The van der Waals surface area contributed by atoms with Gasteiger partial charge in [-0.3, -0.25) is 4.79 Å². The zero-order chi connectivity index (χ0) is 12.7. The number of carbonyl (C=O) groups is 1. The van der Waals surface area contributed by atoms with Crippen LogP contribution in [0.3, 0.4) is 0 Å². The molecule has 0 aromatic carbocycles. The van der Waals surface area contributed by atoms with Crippen LogP contribution >= 0.6 is 12.4 Å². The van der Waals surface area contributed by atoms with Crippen molar-refractivity contribution in [1.29, 1.82) is 0 Å². The average Bonchev–Trinajstić information content (AvgIpc) is 2.26. The maximum atomic E-state index is 11.6.